The number of hydrogen-bond donors (Lipinski definition) is 2. The van der Waals surface area contributed by atoms with Gasteiger partial charge in [-0.15, -0.1) is 0 Å². The number of benzene rings is 1. The molecule has 1 unspecified atom stereocenters. The van der Waals surface area contributed by atoms with E-state index in [1.54, 1.807) is 0 Å². The average Bonchev–Trinajstić information content (AvgIpc) is 3.03. The molecule has 1 aromatic carbocycles. The topological polar surface area (TPSA) is 85.2 Å². The highest BCUT2D eigenvalue weighted by Gasteiger charge is 2.28. The number of aryl methyl sites for hydroxylation is 2. The summed E-state index contributed by atoms with van der Waals surface area (Å²) in [6.45, 7) is 5.28. The molecule has 1 aliphatic heterocycles. The number of anilines is 1. The number of amides is 1. The molecule has 24 heavy (non-hydrogen) atoms. The van der Waals surface area contributed by atoms with Crippen LogP contribution in [0, 0.1) is 13.8 Å². The minimum Gasteiger partial charge on any atom is -0.366 e. The number of nitrogens with two attached hydrogens (primary N) is 2. The van der Waals surface area contributed by atoms with Crippen molar-refractivity contribution < 1.29 is 4.79 Å². The van der Waals surface area contributed by atoms with E-state index in [0.717, 1.165) is 36.3 Å². The molecule has 126 valence electrons. The molecule has 5 heteroatoms. The molecule has 0 aliphatic carbocycles. The Labute approximate surface area is 142 Å². The third-order valence-electron chi connectivity index (χ3n) is 4.78. The molecule has 3 rings (SSSR count). The first kappa shape index (κ1) is 16.5. The summed E-state index contributed by atoms with van der Waals surface area (Å²) < 4.78 is 0. The zero-order valence-corrected chi connectivity index (χ0v) is 14.2. The average molecular weight is 324 g/mol. The summed E-state index contributed by atoms with van der Waals surface area (Å²) in [6, 6.07) is 10.8. The van der Waals surface area contributed by atoms with E-state index in [9.17, 15) is 4.79 Å². The van der Waals surface area contributed by atoms with E-state index >= 15 is 0 Å². The van der Waals surface area contributed by atoms with Crippen LogP contribution in [0.15, 0.2) is 30.3 Å². The third-order valence-corrected chi connectivity index (χ3v) is 4.78. The molecule has 2 heterocycles. The van der Waals surface area contributed by atoms with Crippen LogP contribution < -0.4 is 16.4 Å². The van der Waals surface area contributed by atoms with Crippen molar-refractivity contribution in [2.24, 2.45) is 11.5 Å². The number of carbonyl (C=O) groups is 1. The van der Waals surface area contributed by atoms with Crippen molar-refractivity contribution in [1.29, 1.82) is 0 Å². The Bertz CT molecular complexity index is 731. The maximum Gasteiger partial charge on any atom is 0.250 e. The Kier molecular flexibility index (Phi) is 4.53. The molecule has 0 saturated carbocycles. The Morgan fingerprint density at radius 2 is 2.00 bits per heavy atom. The number of pyridine rings is 1. The van der Waals surface area contributed by atoms with Crippen LogP contribution in [0.25, 0.3) is 0 Å². The Hall–Kier alpha value is -2.40. The first-order chi connectivity index (χ1) is 11.5. The van der Waals surface area contributed by atoms with Gasteiger partial charge in [0.05, 0.1) is 17.3 Å². The number of carbonyl (C=O) groups excluding carboxylic acids is 1. The van der Waals surface area contributed by atoms with Crippen molar-refractivity contribution in [3.05, 3.63) is 58.3 Å². The molecule has 1 fully saturated rings. The number of primary amides is 1. The summed E-state index contributed by atoms with van der Waals surface area (Å²) in [4.78, 5) is 18.6. The largest absolute Gasteiger partial charge is 0.366 e. The first-order valence-electron chi connectivity index (χ1n) is 8.35. The molecule has 1 aliphatic rings. The fourth-order valence-electron chi connectivity index (χ4n) is 3.59. The van der Waals surface area contributed by atoms with Crippen LogP contribution in [0.2, 0.25) is 0 Å². The van der Waals surface area contributed by atoms with Crippen LogP contribution in [0.1, 0.15) is 51.6 Å². The second-order valence-electron chi connectivity index (χ2n) is 6.42. The normalized spacial score (nSPS) is 17.3. The summed E-state index contributed by atoms with van der Waals surface area (Å²) >= 11 is 0. The lowest BCUT2D eigenvalue weighted by Crippen LogP contribution is -2.25. The van der Waals surface area contributed by atoms with Gasteiger partial charge >= 0.3 is 0 Å². The maximum atomic E-state index is 11.6. The Balaban J connectivity index is 1.94. The fraction of sp³-hybridized carbons (Fsp3) is 0.368. The number of aromatic nitrogens is 1. The lowest BCUT2D eigenvalue weighted by molar-refractivity contribution is 0.0999. The van der Waals surface area contributed by atoms with Crippen LogP contribution in [-0.2, 0) is 6.54 Å². The molecule has 1 aromatic heterocycles. The van der Waals surface area contributed by atoms with Gasteiger partial charge in [-0.3, -0.25) is 4.79 Å². The van der Waals surface area contributed by atoms with Gasteiger partial charge in [-0.05, 0) is 49.4 Å². The molecule has 2 aromatic rings. The van der Waals surface area contributed by atoms with E-state index in [2.05, 4.69) is 34.1 Å². The summed E-state index contributed by atoms with van der Waals surface area (Å²) in [7, 11) is 0. The lowest BCUT2D eigenvalue weighted by Gasteiger charge is -2.27. The zero-order valence-electron chi connectivity index (χ0n) is 14.2. The number of hydrogen-bond acceptors (Lipinski definition) is 4. The SMILES string of the molecule is Cc1cc(N2CCCC2c2ccc(CN)cc2)nc(C)c1C(N)=O. The van der Waals surface area contributed by atoms with Gasteiger partial charge in [-0.25, -0.2) is 4.98 Å². The fourth-order valence-corrected chi connectivity index (χ4v) is 3.59. The summed E-state index contributed by atoms with van der Waals surface area (Å²) in [6.07, 6.45) is 2.22. The predicted octanol–water partition coefficient (Wildman–Crippen LogP) is 2.60. The number of nitrogens with zero attached hydrogens (tertiary/aromatic N) is 2. The van der Waals surface area contributed by atoms with E-state index in [1.165, 1.54) is 5.56 Å². The monoisotopic (exact) mass is 324 g/mol. The summed E-state index contributed by atoms with van der Waals surface area (Å²) in [5.74, 6) is 0.500. The zero-order chi connectivity index (χ0) is 17.3. The van der Waals surface area contributed by atoms with Gasteiger partial charge in [0.25, 0.3) is 5.91 Å². The molecule has 0 bridgehead atoms. The minimum atomic E-state index is -0.417. The van der Waals surface area contributed by atoms with Crippen LogP contribution in [-0.4, -0.2) is 17.4 Å². The molecule has 0 spiro atoms. The van der Waals surface area contributed by atoms with Crippen molar-refractivity contribution in [2.75, 3.05) is 11.4 Å². The first-order valence-corrected chi connectivity index (χ1v) is 8.35. The standard InChI is InChI=1S/C19H24N4O/c1-12-10-17(22-13(2)18(12)19(21)24)23-9-3-4-16(23)15-7-5-14(11-20)6-8-15/h5-8,10,16H,3-4,9,11,20H2,1-2H3,(H2,21,24). The molecule has 1 saturated heterocycles. The Morgan fingerprint density at radius 3 is 2.58 bits per heavy atom. The van der Waals surface area contributed by atoms with Crippen molar-refractivity contribution in [1.82, 2.24) is 4.98 Å². The van der Waals surface area contributed by atoms with Crippen LogP contribution in [0.3, 0.4) is 0 Å². The van der Waals surface area contributed by atoms with Gasteiger partial charge in [-0.1, -0.05) is 24.3 Å². The second-order valence-corrected chi connectivity index (χ2v) is 6.42. The molecule has 1 atom stereocenters. The van der Waals surface area contributed by atoms with Crippen molar-refractivity contribution in [2.45, 2.75) is 39.3 Å². The molecular formula is C19H24N4O. The van der Waals surface area contributed by atoms with E-state index in [1.807, 2.05) is 19.9 Å². The highest BCUT2D eigenvalue weighted by Crippen LogP contribution is 2.36. The van der Waals surface area contributed by atoms with E-state index in [0.29, 0.717) is 23.8 Å². The number of rotatable bonds is 4. The second kappa shape index (κ2) is 6.61. The van der Waals surface area contributed by atoms with Gasteiger partial charge in [0.15, 0.2) is 0 Å². The van der Waals surface area contributed by atoms with Crippen molar-refractivity contribution >= 4 is 11.7 Å². The summed E-state index contributed by atoms with van der Waals surface area (Å²) in [5.41, 5.74) is 15.7. The maximum absolute atomic E-state index is 11.6. The summed E-state index contributed by atoms with van der Waals surface area (Å²) in [5, 5.41) is 0. The molecule has 0 radical (unpaired) electrons. The lowest BCUT2D eigenvalue weighted by atomic mass is 10.0. The van der Waals surface area contributed by atoms with Gasteiger partial charge < -0.3 is 16.4 Å². The minimum absolute atomic E-state index is 0.308. The van der Waals surface area contributed by atoms with E-state index in [-0.39, 0.29) is 0 Å². The molecular weight excluding hydrogens is 300 g/mol. The van der Waals surface area contributed by atoms with Crippen LogP contribution in [0.5, 0.6) is 0 Å². The van der Waals surface area contributed by atoms with Gasteiger partial charge in [0.2, 0.25) is 0 Å². The predicted molar refractivity (Wildman–Crippen MR) is 95.9 cm³/mol. The highest BCUT2D eigenvalue weighted by atomic mass is 16.1. The van der Waals surface area contributed by atoms with Crippen molar-refractivity contribution in [3.8, 4) is 0 Å². The van der Waals surface area contributed by atoms with E-state index < -0.39 is 5.91 Å². The van der Waals surface area contributed by atoms with Gasteiger partial charge in [0, 0.05) is 13.1 Å². The molecule has 4 N–H and O–H groups in total. The molecule has 1 amide bonds. The molecule has 5 nitrogen and oxygen atoms in total. The Morgan fingerprint density at radius 1 is 1.29 bits per heavy atom. The van der Waals surface area contributed by atoms with Gasteiger partial charge in [0.1, 0.15) is 5.82 Å². The van der Waals surface area contributed by atoms with Gasteiger partial charge in [-0.2, -0.15) is 0 Å². The van der Waals surface area contributed by atoms with Crippen LogP contribution in [0.4, 0.5) is 5.82 Å². The van der Waals surface area contributed by atoms with Crippen LogP contribution >= 0.6 is 0 Å². The smallest absolute Gasteiger partial charge is 0.250 e. The van der Waals surface area contributed by atoms with Crippen molar-refractivity contribution in [3.63, 3.8) is 0 Å². The third kappa shape index (κ3) is 2.99. The van der Waals surface area contributed by atoms with E-state index in [4.69, 9.17) is 11.5 Å². The quantitative estimate of drug-likeness (QED) is 0.905. The highest BCUT2D eigenvalue weighted by molar-refractivity contribution is 5.95.